The van der Waals surface area contributed by atoms with Gasteiger partial charge in [0, 0.05) is 6.42 Å². The fourth-order valence-corrected chi connectivity index (χ4v) is 3.59. The third-order valence-corrected chi connectivity index (χ3v) is 6.00. The van der Waals surface area contributed by atoms with Gasteiger partial charge < -0.3 is 37.6 Å². The maximum absolute atomic E-state index is 13.2. The fourth-order valence-electron chi connectivity index (χ4n) is 3.59. The molecule has 0 saturated carbocycles. The molecular formula is C25H39N5O7. The van der Waals surface area contributed by atoms with Gasteiger partial charge in [0.1, 0.15) is 18.1 Å². The van der Waals surface area contributed by atoms with Crippen LogP contribution in [0.25, 0.3) is 0 Å². The Kier molecular flexibility index (Phi) is 13.9. The third-order valence-electron chi connectivity index (χ3n) is 6.00. The van der Waals surface area contributed by atoms with E-state index in [2.05, 4.69) is 16.0 Å². The molecule has 9 N–H and O–H groups in total. The van der Waals surface area contributed by atoms with E-state index in [0.29, 0.717) is 25.8 Å². The molecule has 5 atom stereocenters. The molecule has 3 amide bonds. The number of carboxylic acid groups (broad SMARTS) is 2. The number of carboxylic acids is 2. The third kappa shape index (κ3) is 11.4. The average Bonchev–Trinajstić information content (AvgIpc) is 2.85. The van der Waals surface area contributed by atoms with Gasteiger partial charge in [-0.2, -0.15) is 0 Å². The van der Waals surface area contributed by atoms with Crippen LogP contribution in [0.5, 0.6) is 0 Å². The maximum Gasteiger partial charge on any atom is 0.326 e. The zero-order chi connectivity index (χ0) is 28.0. The van der Waals surface area contributed by atoms with Crippen molar-refractivity contribution in [2.45, 2.75) is 76.5 Å². The first-order valence-electron chi connectivity index (χ1n) is 12.3. The van der Waals surface area contributed by atoms with Crippen LogP contribution in [0.1, 0.15) is 51.5 Å². The summed E-state index contributed by atoms with van der Waals surface area (Å²) < 4.78 is 0. The highest BCUT2D eigenvalue weighted by Gasteiger charge is 2.33. The summed E-state index contributed by atoms with van der Waals surface area (Å²) in [5.41, 5.74) is 11.9. The molecule has 0 aromatic heterocycles. The minimum atomic E-state index is -1.36. The molecule has 12 heteroatoms. The van der Waals surface area contributed by atoms with Gasteiger partial charge in [-0.25, -0.2) is 4.79 Å². The van der Waals surface area contributed by atoms with E-state index in [1.807, 2.05) is 6.92 Å². The largest absolute Gasteiger partial charge is 0.481 e. The second-order valence-corrected chi connectivity index (χ2v) is 9.01. The Hall–Kier alpha value is -3.51. The lowest BCUT2D eigenvalue weighted by atomic mass is 9.96. The normalized spacial score (nSPS) is 14.9. The van der Waals surface area contributed by atoms with Crippen molar-refractivity contribution in [3.8, 4) is 0 Å². The summed E-state index contributed by atoms with van der Waals surface area (Å²) >= 11 is 0. The van der Waals surface area contributed by atoms with Gasteiger partial charge in [-0.3, -0.25) is 19.2 Å². The van der Waals surface area contributed by atoms with Crippen LogP contribution < -0.4 is 27.4 Å². The highest BCUT2D eigenvalue weighted by atomic mass is 16.4. The van der Waals surface area contributed by atoms with E-state index in [1.165, 1.54) is 0 Å². The molecule has 1 aromatic carbocycles. The smallest absolute Gasteiger partial charge is 0.326 e. The van der Waals surface area contributed by atoms with Gasteiger partial charge >= 0.3 is 11.9 Å². The standard InChI is InChI=1S/C25H39N5O7/c1-3-15(2)21(24(35)29-19(25(36)37)13-16-9-5-4-6-10-16)30-23(34)18(11-7-8-12-26)28-22(33)17(27)14-20(31)32/h4-6,9-10,15,17-19,21H,3,7-8,11-14,26-27H2,1-2H3,(H,28,33)(H,29,35)(H,30,34)(H,31,32)(H,36,37). The summed E-state index contributed by atoms with van der Waals surface area (Å²) in [6.45, 7) is 3.93. The average molecular weight is 522 g/mol. The molecule has 0 bridgehead atoms. The van der Waals surface area contributed by atoms with Crippen LogP contribution in [0.2, 0.25) is 0 Å². The van der Waals surface area contributed by atoms with E-state index in [4.69, 9.17) is 16.6 Å². The van der Waals surface area contributed by atoms with Gasteiger partial charge in [-0.05, 0) is 37.3 Å². The van der Waals surface area contributed by atoms with Crippen LogP contribution >= 0.6 is 0 Å². The Balaban J connectivity index is 3.02. The van der Waals surface area contributed by atoms with Gasteiger partial charge in [0.25, 0.3) is 0 Å². The second-order valence-electron chi connectivity index (χ2n) is 9.01. The van der Waals surface area contributed by atoms with Gasteiger partial charge in [0.2, 0.25) is 17.7 Å². The van der Waals surface area contributed by atoms with Crippen molar-refractivity contribution >= 4 is 29.7 Å². The second kappa shape index (κ2) is 16.3. The fraction of sp³-hybridized carbons (Fsp3) is 0.560. The molecule has 0 heterocycles. The Bertz CT molecular complexity index is 912. The highest BCUT2D eigenvalue weighted by molar-refractivity contribution is 5.94. The first kappa shape index (κ1) is 31.5. The number of rotatable bonds is 17. The number of nitrogens with two attached hydrogens (primary N) is 2. The van der Waals surface area contributed by atoms with Crippen molar-refractivity contribution in [1.29, 1.82) is 0 Å². The molecule has 12 nitrogen and oxygen atoms in total. The molecule has 0 spiro atoms. The minimum absolute atomic E-state index is 0.0579. The van der Waals surface area contributed by atoms with Crippen LogP contribution in [-0.2, 0) is 30.4 Å². The number of carbonyl (C=O) groups excluding carboxylic acids is 3. The van der Waals surface area contributed by atoms with Crippen molar-refractivity contribution in [3.05, 3.63) is 35.9 Å². The van der Waals surface area contributed by atoms with E-state index in [0.717, 1.165) is 5.56 Å². The van der Waals surface area contributed by atoms with Crippen molar-refractivity contribution in [2.75, 3.05) is 6.54 Å². The molecule has 0 aliphatic rings. The van der Waals surface area contributed by atoms with E-state index in [-0.39, 0.29) is 18.8 Å². The summed E-state index contributed by atoms with van der Waals surface area (Å²) in [4.78, 5) is 61.4. The highest BCUT2D eigenvalue weighted by Crippen LogP contribution is 2.12. The molecule has 0 saturated heterocycles. The summed E-state index contributed by atoms with van der Waals surface area (Å²) in [7, 11) is 0. The topological polar surface area (TPSA) is 214 Å². The number of hydrogen-bond donors (Lipinski definition) is 7. The lowest BCUT2D eigenvalue weighted by Crippen LogP contribution is -2.59. The van der Waals surface area contributed by atoms with E-state index in [1.54, 1.807) is 37.3 Å². The van der Waals surface area contributed by atoms with E-state index < -0.39 is 60.2 Å². The monoisotopic (exact) mass is 521 g/mol. The van der Waals surface area contributed by atoms with Crippen LogP contribution in [-0.4, -0.2) is 70.6 Å². The molecule has 0 aliphatic heterocycles. The number of aliphatic carboxylic acids is 2. The van der Waals surface area contributed by atoms with Crippen molar-refractivity contribution in [3.63, 3.8) is 0 Å². The predicted molar refractivity (Wildman–Crippen MR) is 136 cm³/mol. The first-order valence-corrected chi connectivity index (χ1v) is 12.3. The van der Waals surface area contributed by atoms with Crippen LogP contribution in [0.15, 0.2) is 30.3 Å². The van der Waals surface area contributed by atoms with Gasteiger partial charge in [0.15, 0.2) is 0 Å². The number of unbranched alkanes of at least 4 members (excludes halogenated alkanes) is 1. The van der Waals surface area contributed by atoms with Crippen molar-refractivity contribution < 1.29 is 34.2 Å². The van der Waals surface area contributed by atoms with Gasteiger partial charge in [-0.1, -0.05) is 50.6 Å². The number of carbonyl (C=O) groups is 5. The van der Waals surface area contributed by atoms with Crippen molar-refractivity contribution in [1.82, 2.24) is 16.0 Å². The molecule has 0 aliphatic carbocycles. The summed E-state index contributed by atoms with van der Waals surface area (Å²) in [6, 6.07) is 4.09. The minimum Gasteiger partial charge on any atom is -0.481 e. The first-order chi connectivity index (χ1) is 17.5. The molecule has 0 fully saturated rings. The Morgan fingerprint density at radius 1 is 0.892 bits per heavy atom. The van der Waals surface area contributed by atoms with E-state index in [9.17, 15) is 29.1 Å². The predicted octanol–water partition coefficient (Wildman–Crippen LogP) is -0.255. The van der Waals surface area contributed by atoms with Crippen molar-refractivity contribution in [2.24, 2.45) is 17.4 Å². The summed E-state index contributed by atoms with van der Waals surface area (Å²) in [5.74, 6) is -4.98. The quantitative estimate of drug-likeness (QED) is 0.134. The lowest BCUT2D eigenvalue weighted by Gasteiger charge is -2.28. The number of nitrogens with one attached hydrogen (secondary N) is 3. The number of amides is 3. The summed E-state index contributed by atoms with van der Waals surface area (Å²) in [6.07, 6.45) is 1.20. The van der Waals surface area contributed by atoms with E-state index >= 15 is 0 Å². The molecule has 37 heavy (non-hydrogen) atoms. The lowest BCUT2D eigenvalue weighted by molar-refractivity contribution is -0.142. The molecule has 1 rings (SSSR count). The molecule has 1 aromatic rings. The molecule has 0 radical (unpaired) electrons. The SMILES string of the molecule is CCC(C)C(NC(=O)C(CCCCN)NC(=O)C(N)CC(=O)O)C(=O)NC(Cc1ccccc1)C(=O)O. The Morgan fingerprint density at radius 2 is 1.51 bits per heavy atom. The summed E-state index contributed by atoms with van der Waals surface area (Å²) in [5, 5.41) is 26.2. The molecular weight excluding hydrogens is 482 g/mol. The van der Waals surface area contributed by atoms with Gasteiger partial charge in [0.05, 0.1) is 12.5 Å². The van der Waals surface area contributed by atoms with Crippen LogP contribution in [0, 0.1) is 5.92 Å². The Morgan fingerprint density at radius 3 is 2.05 bits per heavy atom. The molecule has 5 unspecified atom stereocenters. The zero-order valence-electron chi connectivity index (χ0n) is 21.3. The van der Waals surface area contributed by atoms with Crippen LogP contribution in [0.4, 0.5) is 0 Å². The van der Waals surface area contributed by atoms with Crippen LogP contribution in [0.3, 0.4) is 0 Å². The maximum atomic E-state index is 13.2. The number of hydrogen-bond acceptors (Lipinski definition) is 7. The molecule has 206 valence electrons. The van der Waals surface area contributed by atoms with Gasteiger partial charge in [-0.15, -0.1) is 0 Å². The zero-order valence-corrected chi connectivity index (χ0v) is 21.3. The Labute approximate surface area is 216 Å². The number of benzene rings is 1.